The maximum Gasteiger partial charge on any atom is 0.317 e. The smallest absolute Gasteiger partial charge is 0.317 e. The van der Waals surface area contributed by atoms with Gasteiger partial charge in [0.25, 0.3) is 0 Å². The number of methoxy groups -OCH3 is 1. The van der Waals surface area contributed by atoms with Gasteiger partial charge < -0.3 is 20.1 Å². The molecule has 0 radical (unpaired) electrons. The summed E-state index contributed by atoms with van der Waals surface area (Å²) >= 11 is 0. The normalized spacial score (nSPS) is 11.4. The quantitative estimate of drug-likeness (QED) is 0.720. The van der Waals surface area contributed by atoms with Crippen molar-refractivity contribution in [1.82, 2.24) is 10.2 Å². The molecule has 18 heavy (non-hydrogen) atoms. The Morgan fingerprint density at radius 2 is 1.94 bits per heavy atom. The number of urea groups is 1. The Morgan fingerprint density at radius 3 is 2.33 bits per heavy atom. The number of hydrogen-bond acceptors (Lipinski definition) is 3. The predicted octanol–water partition coefficient (Wildman–Crippen LogP) is 1.16. The number of ether oxygens (including phenoxy) is 1. The third kappa shape index (κ3) is 5.35. The fourth-order valence-corrected chi connectivity index (χ4v) is 1.26. The molecule has 0 rings (SSSR count). The molecule has 0 spiro atoms. The number of carbonyl (C=O) groups excluding carboxylic acids is 1. The first-order valence-corrected chi connectivity index (χ1v) is 5.99. The number of rotatable bonds is 7. The molecule has 0 aromatic carbocycles. The lowest BCUT2D eigenvalue weighted by atomic mass is 9.94. The molecule has 0 aromatic heterocycles. The Hall–Kier alpha value is -1.30. The van der Waals surface area contributed by atoms with Crippen molar-refractivity contribution in [3.05, 3.63) is 0 Å². The van der Waals surface area contributed by atoms with Crippen molar-refractivity contribution in [2.24, 2.45) is 5.41 Å². The van der Waals surface area contributed by atoms with Gasteiger partial charge in [-0.05, 0) is 27.7 Å². The first kappa shape index (κ1) is 16.7. The van der Waals surface area contributed by atoms with E-state index in [1.54, 1.807) is 25.9 Å². The Kier molecular flexibility index (Phi) is 6.68. The summed E-state index contributed by atoms with van der Waals surface area (Å²) in [6, 6.07) is -0.232. The fraction of sp³-hybridized carbons (Fsp3) is 0.833. The lowest BCUT2D eigenvalue weighted by molar-refractivity contribution is -0.146. The summed E-state index contributed by atoms with van der Waals surface area (Å²) in [7, 11) is 1.57. The van der Waals surface area contributed by atoms with E-state index < -0.39 is 11.4 Å². The minimum absolute atomic E-state index is 0.0353. The molecule has 6 heteroatoms. The van der Waals surface area contributed by atoms with Gasteiger partial charge in [-0.15, -0.1) is 0 Å². The van der Waals surface area contributed by atoms with Crippen molar-refractivity contribution in [2.75, 3.05) is 26.8 Å². The number of aliphatic carboxylic acids is 1. The Balaban J connectivity index is 4.39. The Bertz CT molecular complexity index is 290. The van der Waals surface area contributed by atoms with Crippen molar-refractivity contribution in [1.29, 1.82) is 0 Å². The second-order valence-electron chi connectivity index (χ2n) is 5.13. The first-order chi connectivity index (χ1) is 8.22. The molecule has 2 amide bonds. The molecule has 0 fully saturated rings. The van der Waals surface area contributed by atoms with Crippen molar-refractivity contribution in [3.63, 3.8) is 0 Å². The van der Waals surface area contributed by atoms with Crippen molar-refractivity contribution in [2.45, 2.75) is 33.7 Å². The average Bonchev–Trinajstić information content (AvgIpc) is 2.26. The van der Waals surface area contributed by atoms with E-state index in [9.17, 15) is 9.59 Å². The molecular formula is C12H24N2O4. The maximum atomic E-state index is 11.9. The van der Waals surface area contributed by atoms with Gasteiger partial charge >= 0.3 is 12.0 Å². The highest BCUT2D eigenvalue weighted by atomic mass is 16.5. The summed E-state index contributed by atoms with van der Waals surface area (Å²) in [4.78, 5) is 24.5. The highest BCUT2D eigenvalue weighted by molar-refractivity contribution is 5.77. The topological polar surface area (TPSA) is 78.9 Å². The van der Waals surface area contributed by atoms with Crippen LogP contribution in [0.2, 0.25) is 0 Å². The van der Waals surface area contributed by atoms with Crippen LogP contribution in [0.25, 0.3) is 0 Å². The second kappa shape index (κ2) is 7.20. The number of carboxylic acids is 1. The van der Waals surface area contributed by atoms with Gasteiger partial charge in [0.2, 0.25) is 0 Å². The monoisotopic (exact) mass is 260 g/mol. The van der Waals surface area contributed by atoms with Gasteiger partial charge in [0, 0.05) is 26.2 Å². The molecule has 2 N–H and O–H groups in total. The van der Waals surface area contributed by atoms with E-state index in [0.717, 1.165) is 0 Å². The lowest BCUT2D eigenvalue weighted by Crippen LogP contribution is -2.49. The molecule has 0 saturated carbocycles. The fourth-order valence-electron chi connectivity index (χ4n) is 1.26. The highest BCUT2D eigenvalue weighted by Gasteiger charge is 2.28. The van der Waals surface area contributed by atoms with Gasteiger partial charge in [-0.3, -0.25) is 4.79 Å². The molecule has 0 unspecified atom stereocenters. The summed E-state index contributed by atoms with van der Waals surface area (Å²) in [5, 5.41) is 11.6. The van der Waals surface area contributed by atoms with Gasteiger partial charge in [0.15, 0.2) is 0 Å². The second-order valence-corrected chi connectivity index (χ2v) is 5.13. The van der Waals surface area contributed by atoms with Crippen LogP contribution in [-0.2, 0) is 9.53 Å². The number of nitrogens with zero attached hydrogens (tertiary/aromatic N) is 1. The van der Waals surface area contributed by atoms with E-state index in [4.69, 9.17) is 9.84 Å². The predicted molar refractivity (Wildman–Crippen MR) is 68.5 cm³/mol. The maximum absolute atomic E-state index is 11.9. The molecular weight excluding hydrogens is 236 g/mol. The highest BCUT2D eigenvalue weighted by Crippen LogP contribution is 2.13. The Labute approximate surface area is 108 Å². The first-order valence-electron chi connectivity index (χ1n) is 5.99. The summed E-state index contributed by atoms with van der Waals surface area (Å²) in [5.74, 6) is -0.934. The van der Waals surface area contributed by atoms with Gasteiger partial charge in [-0.25, -0.2) is 4.79 Å². The van der Waals surface area contributed by atoms with Crippen LogP contribution >= 0.6 is 0 Å². The molecule has 0 atom stereocenters. The lowest BCUT2D eigenvalue weighted by Gasteiger charge is -2.28. The van der Waals surface area contributed by atoms with E-state index in [0.29, 0.717) is 13.2 Å². The summed E-state index contributed by atoms with van der Waals surface area (Å²) in [6.07, 6.45) is 0. The van der Waals surface area contributed by atoms with Crippen LogP contribution in [0.15, 0.2) is 0 Å². The molecule has 0 aliphatic heterocycles. The Morgan fingerprint density at radius 1 is 1.39 bits per heavy atom. The van der Waals surface area contributed by atoms with Crippen molar-refractivity contribution < 1.29 is 19.4 Å². The number of carboxylic acid groups (broad SMARTS) is 1. The molecule has 0 aliphatic carbocycles. The van der Waals surface area contributed by atoms with Gasteiger partial charge in [-0.1, -0.05) is 0 Å². The zero-order valence-electron chi connectivity index (χ0n) is 11.8. The minimum atomic E-state index is -0.973. The van der Waals surface area contributed by atoms with Crippen LogP contribution in [0.1, 0.15) is 27.7 Å². The van der Waals surface area contributed by atoms with E-state index in [-0.39, 0.29) is 18.6 Å². The number of nitrogens with one attached hydrogen (secondary N) is 1. The van der Waals surface area contributed by atoms with E-state index >= 15 is 0 Å². The molecule has 106 valence electrons. The average molecular weight is 260 g/mol. The largest absolute Gasteiger partial charge is 0.481 e. The molecule has 6 nitrogen and oxygen atoms in total. The molecule has 0 aromatic rings. The van der Waals surface area contributed by atoms with E-state index in [2.05, 4.69) is 5.32 Å². The van der Waals surface area contributed by atoms with Crippen molar-refractivity contribution in [3.8, 4) is 0 Å². The van der Waals surface area contributed by atoms with Gasteiger partial charge in [0.1, 0.15) is 0 Å². The zero-order chi connectivity index (χ0) is 14.3. The molecule has 0 aliphatic rings. The van der Waals surface area contributed by atoms with Crippen LogP contribution in [0.3, 0.4) is 0 Å². The third-order valence-electron chi connectivity index (χ3n) is 2.68. The summed E-state index contributed by atoms with van der Waals surface area (Å²) in [5.41, 5.74) is -0.973. The van der Waals surface area contributed by atoms with Gasteiger partial charge in [-0.2, -0.15) is 0 Å². The summed E-state index contributed by atoms with van der Waals surface area (Å²) in [6.45, 7) is 7.98. The molecule has 0 heterocycles. The third-order valence-corrected chi connectivity index (χ3v) is 2.68. The van der Waals surface area contributed by atoms with Crippen LogP contribution < -0.4 is 5.32 Å². The van der Waals surface area contributed by atoms with Crippen LogP contribution in [0.5, 0.6) is 0 Å². The van der Waals surface area contributed by atoms with Gasteiger partial charge in [0.05, 0.1) is 12.0 Å². The van der Waals surface area contributed by atoms with Crippen LogP contribution in [0.4, 0.5) is 4.79 Å². The standard InChI is InChI=1S/C12H24N2O4/c1-9(2)14(6-7-18-5)11(17)13-8-12(3,4)10(15)16/h9H,6-8H2,1-5H3,(H,13,17)(H,15,16). The molecule has 0 bridgehead atoms. The van der Waals surface area contributed by atoms with Crippen LogP contribution in [-0.4, -0.2) is 54.9 Å². The number of amides is 2. The number of hydrogen-bond donors (Lipinski definition) is 2. The van der Waals surface area contributed by atoms with Crippen molar-refractivity contribution >= 4 is 12.0 Å². The van der Waals surface area contributed by atoms with E-state index in [1.807, 2.05) is 13.8 Å². The van der Waals surface area contributed by atoms with E-state index in [1.165, 1.54) is 0 Å². The zero-order valence-corrected chi connectivity index (χ0v) is 11.8. The van der Waals surface area contributed by atoms with Crippen LogP contribution in [0, 0.1) is 5.41 Å². The minimum Gasteiger partial charge on any atom is -0.481 e. The number of carbonyl (C=O) groups is 2. The molecule has 0 saturated heterocycles. The SMILES string of the molecule is COCCN(C(=O)NCC(C)(C)C(=O)O)C(C)C. The summed E-state index contributed by atoms with van der Waals surface area (Å²) < 4.78 is 4.94.